The first-order valence-electron chi connectivity index (χ1n) is 10.1. The SMILES string of the molecule is CC(C)N(Cc1ccccc1)C(=O)C1(C(=O)Nc2ccc3c(c2)OCCO3)CC1. The smallest absolute Gasteiger partial charge is 0.240 e. The van der Waals surface area contributed by atoms with Gasteiger partial charge in [0, 0.05) is 24.3 Å². The first-order chi connectivity index (χ1) is 14.0. The van der Waals surface area contributed by atoms with Crippen molar-refractivity contribution in [3.8, 4) is 11.5 Å². The van der Waals surface area contributed by atoms with Gasteiger partial charge in [-0.3, -0.25) is 9.59 Å². The topological polar surface area (TPSA) is 67.9 Å². The molecule has 0 bridgehead atoms. The molecule has 0 spiro atoms. The summed E-state index contributed by atoms with van der Waals surface area (Å²) in [5.41, 5.74) is 0.682. The summed E-state index contributed by atoms with van der Waals surface area (Å²) >= 11 is 0. The second kappa shape index (κ2) is 7.78. The van der Waals surface area contributed by atoms with Crippen LogP contribution in [0.15, 0.2) is 48.5 Å². The number of hydrogen-bond donors (Lipinski definition) is 1. The van der Waals surface area contributed by atoms with Gasteiger partial charge < -0.3 is 19.7 Å². The van der Waals surface area contributed by atoms with Gasteiger partial charge >= 0.3 is 0 Å². The maximum Gasteiger partial charge on any atom is 0.240 e. The molecule has 0 radical (unpaired) electrons. The number of hydrogen-bond acceptors (Lipinski definition) is 4. The highest BCUT2D eigenvalue weighted by Crippen LogP contribution is 2.49. The molecule has 6 nitrogen and oxygen atoms in total. The molecule has 1 N–H and O–H groups in total. The molecule has 2 aromatic carbocycles. The van der Waals surface area contributed by atoms with Crippen LogP contribution in [0.3, 0.4) is 0 Å². The summed E-state index contributed by atoms with van der Waals surface area (Å²) in [6.07, 6.45) is 1.14. The summed E-state index contributed by atoms with van der Waals surface area (Å²) in [6, 6.07) is 15.2. The van der Waals surface area contributed by atoms with Gasteiger partial charge in [0.2, 0.25) is 11.8 Å². The van der Waals surface area contributed by atoms with Crippen molar-refractivity contribution in [2.75, 3.05) is 18.5 Å². The monoisotopic (exact) mass is 394 g/mol. The van der Waals surface area contributed by atoms with Crippen LogP contribution in [0.25, 0.3) is 0 Å². The number of amides is 2. The second-order valence-electron chi connectivity index (χ2n) is 7.91. The number of rotatable bonds is 6. The molecule has 2 amide bonds. The zero-order valence-electron chi connectivity index (χ0n) is 16.8. The zero-order chi connectivity index (χ0) is 20.4. The number of ether oxygens (including phenoxy) is 2. The molecule has 0 aromatic heterocycles. The Morgan fingerprint density at radius 3 is 2.38 bits per heavy atom. The summed E-state index contributed by atoms with van der Waals surface area (Å²) < 4.78 is 11.1. The van der Waals surface area contributed by atoms with Crippen LogP contribution in [0.1, 0.15) is 32.3 Å². The van der Waals surface area contributed by atoms with Gasteiger partial charge in [-0.2, -0.15) is 0 Å². The fourth-order valence-corrected chi connectivity index (χ4v) is 3.58. The molecule has 1 aliphatic carbocycles. The molecule has 29 heavy (non-hydrogen) atoms. The van der Waals surface area contributed by atoms with E-state index < -0.39 is 5.41 Å². The maximum absolute atomic E-state index is 13.4. The lowest BCUT2D eigenvalue weighted by Crippen LogP contribution is -2.45. The number of carbonyl (C=O) groups excluding carboxylic acids is 2. The van der Waals surface area contributed by atoms with Crippen LogP contribution in [0, 0.1) is 5.41 Å². The molecule has 0 saturated heterocycles. The standard InChI is InChI=1S/C23H26N2O4/c1-16(2)25(15-17-6-4-3-5-7-17)22(27)23(10-11-23)21(26)24-18-8-9-19-20(14-18)29-13-12-28-19/h3-9,14,16H,10-13,15H2,1-2H3,(H,24,26). The third kappa shape index (κ3) is 3.92. The Morgan fingerprint density at radius 1 is 1.03 bits per heavy atom. The minimum Gasteiger partial charge on any atom is -0.486 e. The van der Waals surface area contributed by atoms with Gasteiger partial charge in [-0.1, -0.05) is 30.3 Å². The maximum atomic E-state index is 13.4. The van der Waals surface area contributed by atoms with Gasteiger partial charge in [0.1, 0.15) is 18.6 Å². The molecule has 2 aromatic rings. The largest absolute Gasteiger partial charge is 0.486 e. The Hall–Kier alpha value is -3.02. The number of nitrogens with one attached hydrogen (secondary N) is 1. The molecular formula is C23H26N2O4. The lowest BCUT2D eigenvalue weighted by Gasteiger charge is -2.30. The summed E-state index contributed by atoms with van der Waals surface area (Å²) in [5.74, 6) is 0.919. The number of benzene rings is 2. The molecule has 1 heterocycles. The third-order valence-electron chi connectivity index (χ3n) is 5.47. The van der Waals surface area contributed by atoms with Crippen molar-refractivity contribution in [2.45, 2.75) is 39.3 Å². The third-order valence-corrected chi connectivity index (χ3v) is 5.47. The van der Waals surface area contributed by atoms with E-state index in [4.69, 9.17) is 9.47 Å². The number of fused-ring (bicyclic) bond motifs is 1. The molecule has 0 atom stereocenters. The van der Waals surface area contributed by atoms with Gasteiger partial charge in [-0.25, -0.2) is 0 Å². The van der Waals surface area contributed by atoms with Gasteiger partial charge in [-0.15, -0.1) is 0 Å². The summed E-state index contributed by atoms with van der Waals surface area (Å²) in [4.78, 5) is 28.2. The molecule has 152 valence electrons. The number of nitrogens with zero attached hydrogens (tertiary/aromatic N) is 1. The van der Waals surface area contributed by atoms with E-state index in [0.717, 1.165) is 5.56 Å². The molecule has 2 aliphatic rings. The molecule has 6 heteroatoms. The fourth-order valence-electron chi connectivity index (χ4n) is 3.58. The Labute approximate surface area is 170 Å². The van der Waals surface area contributed by atoms with E-state index in [1.54, 1.807) is 23.1 Å². The van der Waals surface area contributed by atoms with Crippen molar-refractivity contribution in [2.24, 2.45) is 5.41 Å². The van der Waals surface area contributed by atoms with Crippen LogP contribution in [0.4, 0.5) is 5.69 Å². The summed E-state index contributed by atoms with van der Waals surface area (Å²) in [7, 11) is 0. The van der Waals surface area contributed by atoms with Crippen molar-refractivity contribution in [1.29, 1.82) is 0 Å². The van der Waals surface area contributed by atoms with Crippen molar-refractivity contribution in [3.05, 3.63) is 54.1 Å². The van der Waals surface area contributed by atoms with E-state index in [1.165, 1.54) is 0 Å². The lowest BCUT2D eigenvalue weighted by atomic mass is 10.0. The molecule has 1 aliphatic heterocycles. The number of carbonyl (C=O) groups is 2. The minimum absolute atomic E-state index is 0.00211. The van der Waals surface area contributed by atoms with Crippen molar-refractivity contribution in [3.63, 3.8) is 0 Å². The van der Waals surface area contributed by atoms with Gasteiger partial charge in [0.05, 0.1) is 0 Å². The molecule has 0 unspecified atom stereocenters. The van der Waals surface area contributed by atoms with E-state index in [1.807, 2.05) is 44.2 Å². The summed E-state index contributed by atoms with van der Waals surface area (Å²) in [5, 5.41) is 2.91. The van der Waals surface area contributed by atoms with E-state index >= 15 is 0 Å². The Balaban J connectivity index is 1.49. The highest BCUT2D eigenvalue weighted by Gasteiger charge is 2.58. The van der Waals surface area contributed by atoms with Crippen LogP contribution in [0.2, 0.25) is 0 Å². The Kier molecular flexibility index (Phi) is 5.18. The highest BCUT2D eigenvalue weighted by molar-refractivity contribution is 6.13. The van der Waals surface area contributed by atoms with E-state index in [-0.39, 0.29) is 17.9 Å². The second-order valence-corrected chi connectivity index (χ2v) is 7.91. The van der Waals surface area contributed by atoms with Crippen LogP contribution < -0.4 is 14.8 Å². The van der Waals surface area contributed by atoms with E-state index in [9.17, 15) is 9.59 Å². The fraction of sp³-hybridized carbons (Fsp3) is 0.391. The molecular weight excluding hydrogens is 368 g/mol. The predicted octanol–water partition coefficient (Wildman–Crippen LogP) is 3.61. The summed E-state index contributed by atoms with van der Waals surface area (Å²) in [6.45, 7) is 5.46. The predicted molar refractivity (Wildman–Crippen MR) is 110 cm³/mol. The zero-order valence-corrected chi connectivity index (χ0v) is 16.8. The van der Waals surface area contributed by atoms with Crippen molar-refractivity contribution in [1.82, 2.24) is 4.90 Å². The molecule has 4 rings (SSSR count). The van der Waals surface area contributed by atoms with Crippen LogP contribution in [-0.2, 0) is 16.1 Å². The van der Waals surface area contributed by atoms with Gasteiger partial charge in [0.25, 0.3) is 0 Å². The highest BCUT2D eigenvalue weighted by atomic mass is 16.6. The van der Waals surface area contributed by atoms with Crippen LogP contribution >= 0.6 is 0 Å². The van der Waals surface area contributed by atoms with Crippen LogP contribution in [-0.4, -0.2) is 36.0 Å². The minimum atomic E-state index is -0.980. The van der Waals surface area contributed by atoms with E-state index in [0.29, 0.717) is 49.8 Å². The first-order valence-corrected chi connectivity index (χ1v) is 10.1. The lowest BCUT2D eigenvalue weighted by molar-refractivity contribution is -0.144. The average Bonchev–Trinajstić information content (AvgIpc) is 3.54. The quantitative estimate of drug-likeness (QED) is 0.760. The Morgan fingerprint density at radius 2 is 1.72 bits per heavy atom. The van der Waals surface area contributed by atoms with Crippen molar-refractivity contribution < 1.29 is 19.1 Å². The first kappa shape index (κ1) is 19.3. The van der Waals surface area contributed by atoms with Gasteiger partial charge in [0.15, 0.2) is 11.5 Å². The van der Waals surface area contributed by atoms with Crippen LogP contribution in [0.5, 0.6) is 11.5 Å². The van der Waals surface area contributed by atoms with E-state index in [2.05, 4.69) is 5.32 Å². The Bertz CT molecular complexity index is 906. The van der Waals surface area contributed by atoms with Gasteiger partial charge in [-0.05, 0) is 44.4 Å². The van der Waals surface area contributed by atoms with Crippen molar-refractivity contribution >= 4 is 17.5 Å². The molecule has 1 fully saturated rings. The number of anilines is 1. The normalized spacial score (nSPS) is 16.2. The molecule has 1 saturated carbocycles. The average molecular weight is 394 g/mol.